The van der Waals surface area contributed by atoms with Gasteiger partial charge in [-0.2, -0.15) is 0 Å². The third-order valence-corrected chi connectivity index (χ3v) is 8.12. The maximum Gasteiger partial charge on any atom is 0.261 e. The van der Waals surface area contributed by atoms with Gasteiger partial charge in [0.15, 0.2) is 11.9 Å². The van der Waals surface area contributed by atoms with Crippen LogP contribution in [0, 0.1) is 12.7 Å². The van der Waals surface area contributed by atoms with Gasteiger partial charge in [0.25, 0.3) is 10.0 Å². The molecule has 0 aliphatic carbocycles. The lowest BCUT2D eigenvalue weighted by Crippen LogP contribution is -2.23. The molecule has 43 heavy (non-hydrogen) atoms. The van der Waals surface area contributed by atoms with Crippen LogP contribution in [0.3, 0.4) is 0 Å². The summed E-state index contributed by atoms with van der Waals surface area (Å²) in [6, 6.07) is 21.0. The van der Waals surface area contributed by atoms with Crippen molar-refractivity contribution in [1.29, 1.82) is 0 Å². The highest BCUT2D eigenvalue weighted by Gasteiger charge is 2.21. The molecule has 5 aromatic rings. The summed E-state index contributed by atoms with van der Waals surface area (Å²) in [4.78, 5) is 4.59. The molecule has 3 N–H and O–H groups in total. The summed E-state index contributed by atoms with van der Waals surface area (Å²) >= 11 is 0. The van der Waals surface area contributed by atoms with Crippen LogP contribution in [0.15, 0.2) is 99.0 Å². The number of benzene rings is 3. The summed E-state index contributed by atoms with van der Waals surface area (Å²) in [7, 11) is -2.32. The van der Waals surface area contributed by atoms with Crippen molar-refractivity contribution in [2.45, 2.75) is 30.4 Å². The Kier molecular flexibility index (Phi) is 9.31. The minimum absolute atomic E-state index is 0.0924. The van der Waals surface area contributed by atoms with Crippen molar-refractivity contribution in [1.82, 2.24) is 15.5 Å². The lowest BCUT2D eigenvalue weighted by Gasteiger charge is -2.11. The van der Waals surface area contributed by atoms with E-state index in [0.29, 0.717) is 59.4 Å². The second-order valence-electron chi connectivity index (χ2n) is 9.91. The number of ether oxygens (including phenoxy) is 1. The molecule has 2 aromatic heterocycles. The molecule has 2 unspecified atom stereocenters. The van der Waals surface area contributed by atoms with Crippen LogP contribution in [-0.4, -0.2) is 43.9 Å². The zero-order valence-corrected chi connectivity index (χ0v) is 24.3. The number of nitrogens with one attached hydrogen (secondary N) is 2. The third-order valence-electron chi connectivity index (χ3n) is 6.72. The van der Waals surface area contributed by atoms with Crippen LogP contribution in [-0.2, 0) is 21.2 Å². The fourth-order valence-electron chi connectivity index (χ4n) is 4.43. The highest BCUT2D eigenvalue weighted by atomic mass is 32.2. The summed E-state index contributed by atoms with van der Waals surface area (Å²) in [6.45, 7) is 2.74. The van der Waals surface area contributed by atoms with Gasteiger partial charge in [-0.1, -0.05) is 41.6 Å². The first kappa shape index (κ1) is 30.1. The molecule has 3 aromatic carbocycles. The normalized spacial score (nSPS) is 13.1. The summed E-state index contributed by atoms with van der Waals surface area (Å²) in [5, 5.41) is 17.1. The van der Waals surface area contributed by atoms with Gasteiger partial charge in [0.2, 0.25) is 5.89 Å². The molecule has 0 bridgehead atoms. The van der Waals surface area contributed by atoms with E-state index in [9.17, 15) is 17.9 Å². The van der Waals surface area contributed by atoms with Gasteiger partial charge in [0.1, 0.15) is 23.9 Å². The van der Waals surface area contributed by atoms with Crippen LogP contribution in [0.5, 0.6) is 0 Å². The van der Waals surface area contributed by atoms with E-state index in [4.69, 9.17) is 13.7 Å². The minimum Gasteiger partial charge on any atom is -0.445 e. The van der Waals surface area contributed by atoms with Gasteiger partial charge >= 0.3 is 0 Å². The number of aliphatic hydroxyl groups is 1. The van der Waals surface area contributed by atoms with Gasteiger partial charge in [-0.3, -0.25) is 4.72 Å². The number of methoxy groups -OCH3 is 1. The zero-order valence-electron chi connectivity index (χ0n) is 23.5. The number of halogens is 1. The Morgan fingerprint density at radius 1 is 1.02 bits per heavy atom. The Bertz CT molecular complexity index is 1740. The predicted molar refractivity (Wildman–Crippen MR) is 157 cm³/mol. The van der Waals surface area contributed by atoms with Crippen LogP contribution in [0.25, 0.3) is 11.3 Å². The molecule has 2 atom stereocenters. The second kappa shape index (κ2) is 13.3. The molecule has 5 rings (SSSR count). The monoisotopic (exact) mass is 606 g/mol. The molecule has 0 saturated heterocycles. The lowest BCUT2D eigenvalue weighted by molar-refractivity contribution is 0.111. The molecule has 0 fully saturated rings. The third kappa shape index (κ3) is 7.54. The van der Waals surface area contributed by atoms with Crippen LogP contribution >= 0.6 is 0 Å². The number of aromatic nitrogens is 2. The predicted octanol–water partition coefficient (Wildman–Crippen LogP) is 5.18. The summed E-state index contributed by atoms with van der Waals surface area (Å²) in [5.74, 6) is 0.355. The Morgan fingerprint density at radius 2 is 1.74 bits per heavy atom. The second-order valence-corrected chi connectivity index (χ2v) is 11.6. The van der Waals surface area contributed by atoms with Crippen molar-refractivity contribution >= 4 is 15.7 Å². The number of rotatable bonds is 13. The zero-order chi connectivity index (χ0) is 30.4. The lowest BCUT2D eigenvalue weighted by atomic mass is 10.1. The average molecular weight is 607 g/mol. The summed E-state index contributed by atoms with van der Waals surface area (Å²) < 4.78 is 58.1. The molecule has 2 heterocycles. The van der Waals surface area contributed by atoms with E-state index in [1.54, 1.807) is 49.4 Å². The number of nitrogens with zero attached hydrogens (tertiary/aromatic N) is 2. The molecule has 0 aliphatic rings. The number of sulfonamides is 1. The molecule has 0 spiro atoms. The average Bonchev–Trinajstić information content (AvgIpc) is 3.67. The van der Waals surface area contributed by atoms with Crippen molar-refractivity contribution in [2.24, 2.45) is 0 Å². The van der Waals surface area contributed by atoms with E-state index in [2.05, 4.69) is 20.2 Å². The Morgan fingerprint density at radius 3 is 2.40 bits per heavy atom. The number of anilines is 1. The molecule has 12 heteroatoms. The number of aliphatic hydroxyl groups excluding tert-OH is 1. The van der Waals surface area contributed by atoms with Crippen LogP contribution in [0.1, 0.15) is 40.7 Å². The molecular weight excluding hydrogens is 575 g/mol. The molecule has 224 valence electrons. The van der Waals surface area contributed by atoms with Crippen molar-refractivity contribution in [3.8, 4) is 11.3 Å². The van der Waals surface area contributed by atoms with E-state index in [-0.39, 0.29) is 10.7 Å². The summed E-state index contributed by atoms with van der Waals surface area (Å²) in [5.41, 5.74) is 4.00. The molecule has 10 nitrogen and oxygen atoms in total. The smallest absolute Gasteiger partial charge is 0.261 e. The first-order valence-electron chi connectivity index (χ1n) is 13.5. The van der Waals surface area contributed by atoms with Crippen LogP contribution in [0.2, 0.25) is 0 Å². The molecule has 0 radical (unpaired) electrons. The highest BCUT2D eigenvalue weighted by molar-refractivity contribution is 7.92. The minimum atomic E-state index is -3.83. The Balaban J connectivity index is 1.15. The maximum atomic E-state index is 13.3. The number of aryl methyl sites for hydroxylation is 1. The molecular formula is C31H31FN4O6S. The Hall–Kier alpha value is -4.36. The molecule has 0 amide bonds. The summed E-state index contributed by atoms with van der Waals surface area (Å²) in [6.07, 6.45) is 0.748. The van der Waals surface area contributed by atoms with Gasteiger partial charge in [0.05, 0.1) is 10.6 Å². The van der Waals surface area contributed by atoms with Crippen LogP contribution < -0.4 is 10.0 Å². The van der Waals surface area contributed by atoms with Crippen molar-refractivity contribution < 1.29 is 31.6 Å². The largest absolute Gasteiger partial charge is 0.445 e. The van der Waals surface area contributed by atoms with Crippen molar-refractivity contribution in [3.63, 3.8) is 0 Å². The van der Waals surface area contributed by atoms with E-state index in [1.807, 2.05) is 12.1 Å². The first-order chi connectivity index (χ1) is 20.7. The van der Waals surface area contributed by atoms with E-state index in [0.717, 1.165) is 5.56 Å². The quantitative estimate of drug-likeness (QED) is 0.155. The van der Waals surface area contributed by atoms with Crippen LogP contribution in [0.4, 0.5) is 10.1 Å². The van der Waals surface area contributed by atoms with Crippen molar-refractivity contribution in [3.05, 3.63) is 119 Å². The van der Waals surface area contributed by atoms with E-state index >= 15 is 0 Å². The standard InChI is InChI=1S/C31H31FN4O6S/c1-20-17-29(42-35-20)28(37)18-33-16-15-21-3-11-25(12-4-21)36-43(38,39)26-13-7-22(8-14-26)27-19-41-31(34-27)30(40-2)23-5-9-24(32)10-6-23/h3-14,17,19,28,30,33,36-37H,15-16,18H2,1-2H3. The fraction of sp³-hybridized carbons (Fsp3) is 0.226. The number of hydrogen-bond acceptors (Lipinski definition) is 9. The van der Waals surface area contributed by atoms with Gasteiger partial charge in [-0.25, -0.2) is 17.8 Å². The van der Waals surface area contributed by atoms with Gasteiger partial charge in [-0.05, 0) is 67.4 Å². The van der Waals surface area contributed by atoms with E-state index in [1.165, 1.54) is 37.6 Å². The van der Waals surface area contributed by atoms with Crippen molar-refractivity contribution in [2.75, 3.05) is 24.9 Å². The number of hydrogen-bond donors (Lipinski definition) is 3. The maximum absolute atomic E-state index is 13.3. The van der Waals surface area contributed by atoms with E-state index < -0.39 is 22.2 Å². The molecule has 0 saturated carbocycles. The number of oxazole rings is 1. The van der Waals surface area contributed by atoms with Gasteiger partial charge in [-0.15, -0.1) is 0 Å². The topological polar surface area (TPSA) is 140 Å². The fourth-order valence-corrected chi connectivity index (χ4v) is 5.49. The SMILES string of the molecule is COC(c1ccc(F)cc1)c1nc(-c2ccc(S(=O)(=O)Nc3ccc(CCNCC(O)c4cc(C)no4)cc3)cc2)co1. The van der Waals surface area contributed by atoms with Gasteiger partial charge < -0.3 is 24.1 Å². The molecule has 0 aliphatic heterocycles. The van der Waals surface area contributed by atoms with Gasteiger partial charge in [0, 0.05) is 31.0 Å². The highest BCUT2D eigenvalue weighted by Crippen LogP contribution is 2.29. The Labute approximate surface area is 248 Å². The first-order valence-corrected chi connectivity index (χ1v) is 15.0.